The first-order chi connectivity index (χ1) is 11.5. The second-order valence-corrected chi connectivity index (χ2v) is 6.06. The van der Waals surface area contributed by atoms with Crippen LogP contribution in [0.2, 0.25) is 0 Å². The molecule has 0 saturated heterocycles. The van der Waals surface area contributed by atoms with Crippen LogP contribution in [0.4, 0.5) is 0 Å². The lowest BCUT2D eigenvalue weighted by Gasteiger charge is -2.27. The van der Waals surface area contributed by atoms with Gasteiger partial charge in [0.05, 0.1) is 0 Å². The Morgan fingerprint density at radius 1 is 1.46 bits per heavy atom. The fraction of sp³-hybridized carbons (Fsp3) is 0.353. The Bertz CT molecular complexity index is 766. The van der Waals surface area contributed by atoms with E-state index in [2.05, 4.69) is 9.56 Å². The molecule has 0 bridgehead atoms. The molecular formula is C17H21ClN5O+. The van der Waals surface area contributed by atoms with Crippen molar-refractivity contribution in [2.45, 2.75) is 26.8 Å². The number of allylic oxidation sites excluding steroid dienone is 1. The first-order valence-corrected chi connectivity index (χ1v) is 8.22. The molecule has 0 fully saturated rings. The van der Waals surface area contributed by atoms with Gasteiger partial charge in [0, 0.05) is 35.8 Å². The van der Waals surface area contributed by atoms with E-state index in [1.807, 2.05) is 45.3 Å². The molecule has 2 aliphatic rings. The SMILES string of the molecule is CCOCC1=NC2=C(Cl)N(N)C(C)=C(C)C2[N+]1=Cc1cccnc1. The summed E-state index contributed by atoms with van der Waals surface area (Å²) in [6.45, 7) is 6.99. The van der Waals surface area contributed by atoms with Gasteiger partial charge in [0.15, 0.2) is 17.8 Å². The number of pyridine rings is 1. The Hall–Kier alpha value is -2.02. The van der Waals surface area contributed by atoms with E-state index in [4.69, 9.17) is 27.2 Å². The highest BCUT2D eigenvalue weighted by Crippen LogP contribution is 2.36. The Morgan fingerprint density at radius 3 is 2.92 bits per heavy atom. The normalized spacial score (nSPS) is 22.4. The number of amidine groups is 1. The molecule has 24 heavy (non-hydrogen) atoms. The quantitative estimate of drug-likeness (QED) is 0.515. The number of nitrogens with two attached hydrogens (primary N) is 1. The summed E-state index contributed by atoms with van der Waals surface area (Å²) in [6, 6.07) is 3.83. The van der Waals surface area contributed by atoms with E-state index in [1.54, 1.807) is 6.20 Å². The lowest BCUT2D eigenvalue weighted by molar-refractivity contribution is -0.422. The molecule has 126 valence electrons. The molecule has 1 aromatic rings. The van der Waals surface area contributed by atoms with E-state index in [9.17, 15) is 0 Å². The molecule has 0 spiro atoms. The van der Waals surface area contributed by atoms with Gasteiger partial charge in [-0.05, 0) is 37.9 Å². The predicted molar refractivity (Wildman–Crippen MR) is 94.7 cm³/mol. The third kappa shape index (κ3) is 2.88. The number of hydrogen-bond acceptors (Lipinski definition) is 5. The molecule has 0 saturated carbocycles. The third-order valence-corrected chi connectivity index (χ3v) is 4.63. The van der Waals surface area contributed by atoms with Crippen LogP contribution < -0.4 is 5.84 Å². The number of hydrazine groups is 1. The summed E-state index contributed by atoms with van der Waals surface area (Å²) in [5.41, 5.74) is 3.76. The molecule has 3 rings (SSSR count). The van der Waals surface area contributed by atoms with Crippen molar-refractivity contribution < 1.29 is 9.31 Å². The van der Waals surface area contributed by atoms with Gasteiger partial charge in [0.1, 0.15) is 6.21 Å². The predicted octanol–water partition coefficient (Wildman–Crippen LogP) is 2.22. The van der Waals surface area contributed by atoms with Gasteiger partial charge < -0.3 is 4.74 Å². The highest BCUT2D eigenvalue weighted by Gasteiger charge is 2.45. The van der Waals surface area contributed by atoms with Crippen LogP contribution in [0.15, 0.2) is 51.6 Å². The highest BCUT2D eigenvalue weighted by atomic mass is 35.5. The fourth-order valence-electron chi connectivity index (χ4n) is 2.83. The third-order valence-electron chi connectivity index (χ3n) is 4.26. The molecule has 1 atom stereocenters. The average Bonchev–Trinajstić information content (AvgIpc) is 2.95. The van der Waals surface area contributed by atoms with Crippen molar-refractivity contribution in [3.63, 3.8) is 0 Å². The Morgan fingerprint density at radius 2 is 2.25 bits per heavy atom. The summed E-state index contributed by atoms with van der Waals surface area (Å²) >= 11 is 6.44. The van der Waals surface area contributed by atoms with E-state index in [1.165, 1.54) is 5.01 Å². The summed E-state index contributed by atoms with van der Waals surface area (Å²) in [4.78, 5) is 8.87. The van der Waals surface area contributed by atoms with Gasteiger partial charge in [-0.1, -0.05) is 11.6 Å². The van der Waals surface area contributed by atoms with Crippen LogP contribution in [0, 0.1) is 0 Å². The minimum absolute atomic E-state index is 0.0760. The number of fused-ring (bicyclic) bond motifs is 1. The average molecular weight is 347 g/mol. The molecule has 0 amide bonds. The second-order valence-electron chi connectivity index (χ2n) is 5.70. The monoisotopic (exact) mass is 346 g/mol. The van der Waals surface area contributed by atoms with Crippen molar-refractivity contribution in [3.8, 4) is 0 Å². The lowest BCUT2D eigenvalue weighted by Crippen LogP contribution is -2.39. The van der Waals surface area contributed by atoms with Crippen LogP contribution >= 0.6 is 11.6 Å². The van der Waals surface area contributed by atoms with Gasteiger partial charge in [0.25, 0.3) is 0 Å². The van der Waals surface area contributed by atoms with Crippen LogP contribution in [-0.4, -0.2) is 45.9 Å². The number of halogens is 1. The van der Waals surface area contributed by atoms with Gasteiger partial charge in [-0.2, -0.15) is 0 Å². The van der Waals surface area contributed by atoms with E-state index in [-0.39, 0.29) is 6.04 Å². The Balaban J connectivity index is 2.11. The molecule has 1 unspecified atom stereocenters. The van der Waals surface area contributed by atoms with Gasteiger partial charge in [-0.25, -0.2) is 10.4 Å². The van der Waals surface area contributed by atoms with Crippen molar-refractivity contribution in [2.24, 2.45) is 10.8 Å². The molecule has 0 radical (unpaired) electrons. The van der Waals surface area contributed by atoms with E-state index in [0.717, 1.165) is 28.4 Å². The summed E-state index contributed by atoms with van der Waals surface area (Å²) in [7, 11) is 0. The summed E-state index contributed by atoms with van der Waals surface area (Å²) in [6.07, 6.45) is 5.59. The van der Waals surface area contributed by atoms with Crippen LogP contribution in [0.25, 0.3) is 0 Å². The van der Waals surface area contributed by atoms with Crippen molar-refractivity contribution >= 4 is 23.7 Å². The number of nitrogens with zero attached hydrogens (tertiary/aromatic N) is 4. The van der Waals surface area contributed by atoms with E-state index < -0.39 is 0 Å². The maximum absolute atomic E-state index is 6.44. The van der Waals surface area contributed by atoms with Crippen LogP contribution in [0.1, 0.15) is 26.3 Å². The maximum Gasteiger partial charge on any atom is 0.325 e. The summed E-state index contributed by atoms with van der Waals surface area (Å²) in [5.74, 6) is 6.86. The number of rotatable bonds is 4. The second kappa shape index (κ2) is 6.84. The fourth-order valence-corrected chi connectivity index (χ4v) is 3.10. The molecule has 0 aliphatic carbocycles. The van der Waals surface area contributed by atoms with E-state index in [0.29, 0.717) is 18.4 Å². The highest BCUT2D eigenvalue weighted by molar-refractivity contribution is 6.30. The summed E-state index contributed by atoms with van der Waals surface area (Å²) < 4.78 is 7.67. The first-order valence-electron chi connectivity index (χ1n) is 7.85. The summed E-state index contributed by atoms with van der Waals surface area (Å²) in [5, 5.41) is 1.93. The maximum atomic E-state index is 6.44. The molecule has 2 N–H and O–H groups in total. The molecule has 7 heteroatoms. The Kier molecular flexibility index (Phi) is 4.80. The molecular weight excluding hydrogens is 326 g/mol. The molecule has 2 aliphatic heterocycles. The standard InChI is InChI=1S/C17H21ClN5O/c1-4-24-10-14-21-15-16(11(2)12(3)23(19)17(15)18)22(14)9-13-6-5-7-20-8-13/h5-9,16H,4,10,19H2,1-3H3/q+1. The van der Waals surface area contributed by atoms with Crippen LogP contribution in [0.3, 0.4) is 0 Å². The minimum Gasteiger partial charge on any atom is -0.369 e. The van der Waals surface area contributed by atoms with Crippen LogP contribution in [-0.2, 0) is 4.74 Å². The van der Waals surface area contributed by atoms with Gasteiger partial charge in [0.2, 0.25) is 5.70 Å². The number of aliphatic imine (C=N–C) groups is 1. The van der Waals surface area contributed by atoms with Crippen molar-refractivity contribution in [1.82, 2.24) is 9.99 Å². The van der Waals surface area contributed by atoms with Crippen LogP contribution in [0.5, 0.6) is 0 Å². The smallest absolute Gasteiger partial charge is 0.325 e. The minimum atomic E-state index is -0.0760. The molecule has 3 heterocycles. The lowest BCUT2D eigenvalue weighted by atomic mass is 10.0. The molecule has 1 aromatic heterocycles. The van der Waals surface area contributed by atoms with Crippen molar-refractivity contribution in [1.29, 1.82) is 0 Å². The number of hydrogen-bond donors (Lipinski definition) is 1. The van der Waals surface area contributed by atoms with Gasteiger partial charge >= 0.3 is 5.84 Å². The zero-order valence-corrected chi connectivity index (χ0v) is 14.8. The largest absolute Gasteiger partial charge is 0.369 e. The number of ether oxygens (including phenoxy) is 1. The zero-order valence-electron chi connectivity index (χ0n) is 14.0. The van der Waals surface area contributed by atoms with Crippen molar-refractivity contribution in [2.75, 3.05) is 13.2 Å². The van der Waals surface area contributed by atoms with Gasteiger partial charge in [-0.15, -0.1) is 0 Å². The van der Waals surface area contributed by atoms with E-state index >= 15 is 0 Å². The first kappa shape index (κ1) is 16.8. The topological polar surface area (TPSA) is 66.8 Å². The Labute approximate surface area is 146 Å². The van der Waals surface area contributed by atoms with Gasteiger partial charge in [-0.3, -0.25) is 9.99 Å². The molecule has 0 aromatic carbocycles. The van der Waals surface area contributed by atoms with Crippen molar-refractivity contribution in [3.05, 3.63) is 52.2 Å². The molecule has 6 nitrogen and oxygen atoms in total. The zero-order chi connectivity index (χ0) is 17.3. The number of aromatic nitrogens is 1.